The molecule has 0 saturated carbocycles. The van der Waals surface area contributed by atoms with Gasteiger partial charge in [-0.3, -0.25) is 9.69 Å². The van der Waals surface area contributed by atoms with Crippen LogP contribution in [0.2, 0.25) is 0 Å². The van der Waals surface area contributed by atoms with E-state index in [0.29, 0.717) is 19.3 Å². The Morgan fingerprint density at radius 1 is 1.41 bits per heavy atom. The van der Waals surface area contributed by atoms with Crippen LogP contribution >= 0.6 is 0 Å². The Kier molecular flexibility index (Phi) is 6.52. The molecular formula is C13H25NO3. The predicted molar refractivity (Wildman–Crippen MR) is 66.9 cm³/mol. The summed E-state index contributed by atoms with van der Waals surface area (Å²) in [5.74, 6) is -0.132. The van der Waals surface area contributed by atoms with Gasteiger partial charge >= 0.3 is 5.97 Å². The molecule has 0 spiro atoms. The molecule has 17 heavy (non-hydrogen) atoms. The van der Waals surface area contributed by atoms with E-state index in [2.05, 4.69) is 18.7 Å². The summed E-state index contributed by atoms with van der Waals surface area (Å²) in [6.45, 7) is 8.67. The van der Waals surface area contributed by atoms with Crippen molar-refractivity contribution in [1.82, 2.24) is 4.90 Å². The minimum atomic E-state index is -0.132. The van der Waals surface area contributed by atoms with Crippen molar-refractivity contribution in [1.29, 1.82) is 0 Å². The standard InChI is InChI=1S/C13H25NO3/c1-4-8-14(10-13(15)16-5-2)9-12-7-6-11(3)17-12/h11-12H,4-10H2,1-3H3. The second-order valence-electron chi connectivity index (χ2n) is 4.69. The van der Waals surface area contributed by atoms with Crippen molar-refractivity contribution in [3.63, 3.8) is 0 Å². The summed E-state index contributed by atoms with van der Waals surface area (Å²) < 4.78 is 10.8. The van der Waals surface area contributed by atoms with Gasteiger partial charge in [-0.25, -0.2) is 0 Å². The number of hydrogen-bond acceptors (Lipinski definition) is 4. The van der Waals surface area contributed by atoms with E-state index in [1.54, 1.807) is 0 Å². The minimum absolute atomic E-state index is 0.132. The topological polar surface area (TPSA) is 38.8 Å². The molecule has 4 heteroatoms. The lowest BCUT2D eigenvalue weighted by Crippen LogP contribution is -2.37. The molecule has 0 radical (unpaired) electrons. The van der Waals surface area contributed by atoms with Crippen molar-refractivity contribution >= 4 is 5.97 Å². The summed E-state index contributed by atoms with van der Waals surface area (Å²) in [5, 5.41) is 0. The van der Waals surface area contributed by atoms with Gasteiger partial charge in [0, 0.05) is 6.54 Å². The number of esters is 1. The molecule has 1 rings (SSSR count). The SMILES string of the molecule is CCCN(CC(=O)OCC)CC1CCC(C)O1. The third-order valence-electron chi connectivity index (χ3n) is 2.98. The fourth-order valence-corrected chi connectivity index (χ4v) is 2.25. The Balaban J connectivity index is 2.34. The van der Waals surface area contributed by atoms with Gasteiger partial charge in [0.25, 0.3) is 0 Å². The van der Waals surface area contributed by atoms with Crippen molar-refractivity contribution in [3.8, 4) is 0 Å². The molecule has 0 N–H and O–H groups in total. The lowest BCUT2D eigenvalue weighted by Gasteiger charge is -2.23. The third kappa shape index (κ3) is 5.50. The third-order valence-corrected chi connectivity index (χ3v) is 2.98. The molecule has 0 amide bonds. The highest BCUT2D eigenvalue weighted by molar-refractivity contribution is 5.71. The van der Waals surface area contributed by atoms with E-state index in [9.17, 15) is 4.79 Å². The molecule has 4 nitrogen and oxygen atoms in total. The van der Waals surface area contributed by atoms with Crippen LogP contribution in [-0.4, -0.2) is 49.3 Å². The zero-order chi connectivity index (χ0) is 12.7. The smallest absolute Gasteiger partial charge is 0.320 e. The van der Waals surface area contributed by atoms with Crippen LogP contribution in [0, 0.1) is 0 Å². The zero-order valence-corrected chi connectivity index (χ0v) is 11.3. The summed E-state index contributed by atoms with van der Waals surface area (Å²) >= 11 is 0. The molecule has 1 saturated heterocycles. The molecule has 100 valence electrons. The van der Waals surface area contributed by atoms with Crippen LogP contribution < -0.4 is 0 Å². The predicted octanol–water partition coefficient (Wildman–Crippen LogP) is 1.83. The van der Waals surface area contributed by atoms with E-state index in [4.69, 9.17) is 9.47 Å². The number of rotatable bonds is 7. The van der Waals surface area contributed by atoms with Crippen LogP contribution in [0.5, 0.6) is 0 Å². The van der Waals surface area contributed by atoms with Gasteiger partial charge in [0.05, 0.1) is 25.4 Å². The summed E-state index contributed by atoms with van der Waals surface area (Å²) in [7, 11) is 0. The number of carbonyl (C=O) groups excluding carboxylic acids is 1. The van der Waals surface area contributed by atoms with Crippen molar-refractivity contribution < 1.29 is 14.3 Å². The van der Waals surface area contributed by atoms with Gasteiger partial charge in [-0.2, -0.15) is 0 Å². The van der Waals surface area contributed by atoms with Gasteiger partial charge in [-0.1, -0.05) is 6.92 Å². The molecule has 1 heterocycles. The van der Waals surface area contributed by atoms with Crippen LogP contribution in [0.15, 0.2) is 0 Å². The average Bonchev–Trinajstić information content (AvgIpc) is 2.64. The van der Waals surface area contributed by atoms with Crippen LogP contribution in [0.1, 0.15) is 40.0 Å². The Labute approximate surface area is 104 Å². The van der Waals surface area contributed by atoms with Gasteiger partial charge in [0.1, 0.15) is 0 Å². The Hall–Kier alpha value is -0.610. The number of hydrogen-bond donors (Lipinski definition) is 0. The summed E-state index contributed by atoms with van der Waals surface area (Å²) in [6, 6.07) is 0. The van der Waals surface area contributed by atoms with Crippen molar-refractivity contribution in [3.05, 3.63) is 0 Å². The monoisotopic (exact) mass is 243 g/mol. The van der Waals surface area contributed by atoms with Crippen LogP contribution in [0.25, 0.3) is 0 Å². The first kappa shape index (κ1) is 14.5. The molecule has 1 fully saturated rings. The van der Waals surface area contributed by atoms with E-state index in [1.807, 2.05) is 6.92 Å². The van der Waals surface area contributed by atoms with Crippen molar-refractivity contribution in [2.75, 3.05) is 26.2 Å². The van der Waals surface area contributed by atoms with E-state index in [1.165, 1.54) is 0 Å². The molecule has 1 aliphatic rings. The first-order valence-corrected chi connectivity index (χ1v) is 6.69. The molecule has 2 unspecified atom stereocenters. The maximum Gasteiger partial charge on any atom is 0.320 e. The summed E-state index contributed by atoms with van der Waals surface area (Å²) in [6.07, 6.45) is 3.92. The largest absolute Gasteiger partial charge is 0.465 e. The second kappa shape index (κ2) is 7.67. The van der Waals surface area contributed by atoms with Crippen molar-refractivity contribution in [2.45, 2.75) is 52.2 Å². The molecule has 0 aliphatic carbocycles. The highest BCUT2D eigenvalue weighted by Crippen LogP contribution is 2.19. The highest BCUT2D eigenvalue weighted by Gasteiger charge is 2.24. The Morgan fingerprint density at radius 2 is 2.18 bits per heavy atom. The fourth-order valence-electron chi connectivity index (χ4n) is 2.25. The van der Waals surface area contributed by atoms with Crippen LogP contribution in [0.4, 0.5) is 0 Å². The average molecular weight is 243 g/mol. The molecular weight excluding hydrogens is 218 g/mol. The van der Waals surface area contributed by atoms with Crippen LogP contribution in [0.3, 0.4) is 0 Å². The van der Waals surface area contributed by atoms with Gasteiger partial charge in [-0.15, -0.1) is 0 Å². The second-order valence-corrected chi connectivity index (χ2v) is 4.69. The Bertz CT molecular complexity index is 233. The van der Waals surface area contributed by atoms with Gasteiger partial charge in [-0.05, 0) is 39.7 Å². The molecule has 1 aliphatic heterocycles. The highest BCUT2D eigenvalue weighted by atomic mass is 16.5. The molecule has 2 atom stereocenters. The van der Waals surface area contributed by atoms with E-state index in [0.717, 1.165) is 32.4 Å². The number of nitrogens with zero attached hydrogens (tertiary/aromatic N) is 1. The lowest BCUT2D eigenvalue weighted by molar-refractivity contribution is -0.144. The summed E-state index contributed by atoms with van der Waals surface area (Å²) in [5.41, 5.74) is 0. The molecule has 0 aromatic rings. The van der Waals surface area contributed by atoms with Gasteiger partial charge in [0.15, 0.2) is 0 Å². The fraction of sp³-hybridized carbons (Fsp3) is 0.923. The first-order chi connectivity index (χ1) is 8.15. The first-order valence-electron chi connectivity index (χ1n) is 6.69. The summed E-state index contributed by atoms with van der Waals surface area (Å²) in [4.78, 5) is 13.6. The van der Waals surface area contributed by atoms with Gasteiger partial charge < -0.3 is 9.47 Å². The molecule has 0 aromatic carbocycles. The lowest BCUT2D eigenvalue weighted by atomic mass is 10.2. The normalized spacial score (nSPS) is 24.2. The van der Waals surface area contributed by atoms with Gasteiger partial charge in [0.2, 0.25) is 0 Å². The van der Waals surface area contributed by atoms with E-state index < -0.39 is 0 Å². The maximum atomic E-state index is 11.5. The quantitative estimate of drug-likeness (QED) is 0.639. The maximum absolute atomic E-state index is 11.5. The number of ether oxygens (including phenoxy) is 2. The Morgan fingerprint density at radius 3 is 2.71 bits per heavy atom. The van der Waals surface area contributed by atoms with Crippen LogP contribution in [-0.2, 0) is 14.3 Å². The zero-order valence-electron chi connectivity index (χ0n) is 11.3. The van der Waals surface area contributed by atoms with Crippen molar-refractivity contribution in [2.24, 2.45) is 0 Å². The minimum Gasteiger partial charge on any atom is -0.465 e. The number of carbonyl (C=O) groups is 1. The van der Waals surface area contributed by atoms with E-state index >= 15 is 0 Å². The molecule has 0 aromatic heterocycles. The van der Waals surface area contributed by atoms with E-state index in [-0.39, 0.29) is 12.1 Å². The molecule has 0 bridgehead atoms.